The number of allylic oxidation sites excluding steroid dienone is 3. The second kappa shape index (κ2) is 7.14. The van der Waals surface area contributed by atoms with Gasteiger partial charge in [0, 0.05) is 12.5 Å². The first-order chi connectivity index (χ1) is 10.3. The first kappa shape index (κ1) is 14.6. The lowest BCUT2D eigenvalue weighted by atomic mass is 10.2. The molecule has 0 aliphatic heterocycles. The summed E-state index contributed by atoms with van der Waals surface area (Å²) in [4.78, 5) is 11.9. The molecule has 2 aromatic rings. The predicted molar refractivity (Wildman–Crippen MR) is 81.1 cm³/mol. The molecule has 108 valence electrons. The molecule has 1 aromatic heterocycles. The molecule has 0 fully saturated rings. The molecule has 1 amide bonds. The van der Waals surface area contributed by atoms with E-state index in [4.69, 9.17) is 0 Å². The summed E-state index contributed by atoms with van der Waals surface area (Å²) >= 11 is 0. The van der Waals surface area contributed by atoms with Crippen LogP contribution in [0.15, 0.2) is 48.6 Å². The predicted octanol–water partition coefficient (Wildman–Crippen LogP) is 2.30. The van der Waals surface area contributed by atoms with Crippen LogP contribution in [0.5, 0.6) is 0 Å². The number of hydrogen-bond acceptors (Lipinski definition) is 4. The Morgan fingerprint density at radius 2 is 2.14 bits per heavy atom. The highest BCUT2D eigenvalue weighted by atomic mass is 16.1. The summed E-state index contributed by atoms with van der Waals surface area (Å²) in [5, 5.41) is 14.4. The van der Waals surface area contributed by atoms with E-state index in [-0.39, 0.29) is 5.91 Å². The molecule has 1 heterocycles. The topological polar surface area (TPSA) is 72.7 Å². The molecule has 0 saturated carbocycles. The van der Waals surface area contributed by atoms with E-state index in [0.717, 1.165) is 11.5 Å². The monoisotopic (exact) mass is 283 g/mol. The van der Waals surface area contributed by atoms with Crippen LogP contribution in [0.2, 0.25) is 0 Å². The molecule has 0 aliphatic carbocycles. The van der Waals surface area contributed by atoms with E-state index in [2.05, 4.69) is 20.8 Å². The molecule has 0 radical (unpaired) electrons. The van der Waals surface area contributed by atoms with Gasteiger partial charge in [-0.15, -0.1) is 5.10 Å². The lowest BCUT2D eigenvalue weighted by molar-refractivity contribution is -0.111. The number of hydrogen-bond donors (Lipinski definition) is 1. The molecular formula is C15H17N5O. The van der Waals surface area contributed by atoms with E-state index < -0.39 is 0 Å². The Labute approximate surface area is 123 Å². The fourth-order valence-electron chi connectivity index (χ4n) is 1.81. The van der Waals surface area contributed by atoms with Gasteiger partial charge in [-0.25, -0.2) is 0 Å². The minimum atomic E-state index is -0.202. The van der Waals surface area contributed by atoms with E-state index >= 15 is 0 Å². The van der Waals surface area contributed by atoms with Gasteiger partial charge in [0.1, 0.15) is 0 Å². The van der Waals surface area contributed by atoms with E-state index in [1.165, 1.54) is 6.08 Å². The van der Waals surface area contributed by atoms with Crippen molar-refractivity contribution < 1.29 is 4.79 Å². The van der Waals surface area contributed by atoms with Gasteiger partial charge < -0.3 is 5.32 Å². The second-order valence-corrected chi connectivity index (χ2v) is 4.25. The van der Waals surface area contributed by atoms with Gasteiger partial charge in [-0.3, -0.25) is 4.79 Å². The first-order valence-electron chi connectivity index (χ1n) is 6.73. The van der Waals surface area contributed by atoms with Gasteiger partial charge in [-0.05, 0) is 29.5 Å². The number of nitrogens with one attached hydrogen (secondary N) is 1. The van der Waals surface area contributed by atoms with Crippen LogP contribution in [0.1, 0.15) is 19.7 Å². The number of nitrogens with zero attached hydrogens (tertiary/aromatic N) is 4. The van der Waals surface area contributed by atoms with E-state index in [1.807, 2.05) is 44.2 Å². The number of aryl methyl sites for hydroxylation is 1. The number of aromatic nitrogens is 4. The Kier molecular flexibility index (Phi) is 4.98. The summed E-state index contributed by atoms with van der Waals surface area (Å²) in [5.74, 6) is 0.535. The SMILES string of the molecule is C/C=C/C=C/C(=O)Nc1ccccc1-n1nnnc1CC. The highest BCUT2D eigenvalue weighted by Gasteiger charge is 2.11. The van der Waals surface area contributed by atoms with Crippen LogP contribution >= 0.6 is 0 Å². The maximum atomic E-state index is 11.9. The van der Waals surface area contributed by atoms with Gasteiger partial charge in [0.15, 0.2) is 5.82 Å². The number of para-hydroxylation sites is 2. The third-order valence-electron chi connectivity index (χ3n) is 2.79. The molecule has 0 saturated heterocycles. The number of carbonyl (C=O) groups is 1. The third kappa shape index (κ3) is 3.62. The number of amides is 1. The van der Waals surface area contributed by atoms with Gasteiger partial charge in [-0.2, -0.15) is 4.68 Å². The van der Waals surface area contributed by atoms with Gasteiger partial charge in [0.25, 0.3) is 0 Å². The van der Waals surface area contributed by atoms with Crippen molar-refractivity contribution in [1.29, 1.82) is 0 Å². The fraction of sp³-hybridized carbons (Fsp3) is 0.200. The van der Waals surface area contributed by atoms with Crippen LogP contribution in [0.3, 0.4) is 0 Å². The van der Waals surface area contributed by atoms with Gasteiger partial charge in [0.2, 0.25) is 5.91 Å². The Balaban J connectivity index is 2.27. The number of rotatable bonds is 5. The molecule has 6 heteroatoms. The molecule has 6 nitrogen and oxygen atoms in total. The summed E-state index contributed by atoms with van der Waals surface area (Å²) in [6, 6.07) is 7.41. The average molecular weight is 283 g/mol. The minimum Gasteiger partial charge on any atom is -0.321 e. The maximum Gasteiger partial charge on any atom is 0.248 e. The van der Waals surface area contributed by atoms with Crippen LogP contribution in [-0.2, 0) is 11.2 Å². The molecule has 0 bridgehead atoms. The molecule has 0 unspecified atom stereocenters. The summed E-state index contributed by atoms with van der Waals surface area (Å²) in [7, 11) is 0. The molecule has 0 atom stereocenters. The molecule has 1 aromatic carbocycles. The van der Waals surface area contributed by atoms with Crippen molar-refractivity contribution in [3.63, 3.8) is 0 Å². The second-order valence-electron chi connectivity index (χ2n) is 4.25. The standard InChI is InChI=1S/C15H17N5O/c1-3-5-6-11-15(21)16-12-9-7-8-10-13(12)20-14(4-2)17-18-19-20/h3,5-11H,4H2,1-2H3,(H,16,21)/b5-3+,11-6+. The molecular weight excluding hydrogens is 266 g/mol. The summed E-state index contributed by atoms with van der Waals surface area (Å²) in [5.41, 5.74) is 1.40. The summed E-state index contributed by atoms with van der Waals surface area (Å²) in [6.07, 6.45) is 7.51. The van der Waals surface area contributed by atoms with Gasteiger partial charge >= 0.3 is 0 Å². The van der Waals surface area contributed by atoms with Crippen molar-refractivity contribution in [3.8, 4) is 5.69 Å². The molecule has 21 heavy (non-hydrogen) atoms. The number of tetrazole rings is 1. The van der Waals surface area contributed by atoms with Gasteiger partial charge in [0.05, 0.1) is 11.4 Å². The number of carbonyl (C=O) groups excluding carboxylic acids is 1. The average Bonchev–Trinajstić information content (AvgIpc) is 2.96. The van der Waals surface area contributed by atoms with Crippen molar-refractivity contribution >= 4 is 11.6 Å². The highest BCUT2D eigenvalue weighted by Crippen LogP contribution is 2.20. The zero-order chi connectivity index (χ0) is 15.1. The first-order valence-corrected chi connectivity index (χ1v) is 6.73. The molecule has 0 aliphatic rings. The molecule has 1 N–H and O–H groups in total. The van der Waals surface area contributed by atoms with Crippen molar-refractivity contribution in [2.75, 3.05) is 5.32 Å². The minimum absolute atomic E-state index is 0.202. The van der Waals surface area contributed by atoms with Crippen molar-refractivity contribution in [2.45, 2.75) is 20.3 Å². The van der Waals surface area contributed by atoms with Crippen LogP contribution in [0.25, 0.3) is 5.69 Å². The largest absolute Gasteiger partial charge is 0.321 e. The summed E-state index contributed by atoms with van der Waals surface area (Å²) in [6.45, 7) is 3.87. The Hall–Kier alpha value is -2.76. The zero-order valence-corrected chi connectivity index (χ0v) is 12.0. The van der Waals surface area contributed by atoms with Crippen LogP contribution in [0.4, 0.5) is 5.69 Å². The van der Waals surface area contributed by atoms with Crippen molar-refractivity contribution in [2.24, 2.45) is 0 Å². The van der Waals surface area contributed by atoms with Crippen LogP contribution in [0, 0.1) is 0 Å². The Bertz CT molecular complexity index is 672. The fourth-order valence-corrected chi connectivity index (χ4v) is 1.81. The van der Waals surface area contributed by atoms with Crippen LogP contribution in [-0.4, -0.2) is 26.1 Å². The number of anilines is 1. The van der Waals surface area contributed by atoms with E-state index in [1.54, 1.807) is 16.8 Å². The smallest absolute Gasteiger partial charge is 0.248 e. The van der Waals surface area contributed by atoms with E-state index in [0.29, 0.717) is 12.1 Å². The van der Waals surface area contributed by atoms with E-state index in [9.17, 15) is 4.79 Å². The maximum absolute atomic E-state index is 11.9. The lowest BCUT2D eigenvalue weighted by Gasteiger charge is -2.10. The van der Waals surface area contributed by atoms with Crippen LogP contribution < -0.4 is 5.32 Å². The Morgan fingerprint density at radius 3 is 2.90 bits per heavy atom. The Morgan fingerprint density at radius 1 is 1.33 bits per heavy atom. The van der Waals surface area contributed by atoms with Crippen molar-refractivity contribution in [1.82, 2.24) is 20.2 Å². The molecule has 2 rings (SSSR count). The molecule has 0 spiro atoms. The quantitative estimate of drug-likeness (QED) is 0.675. The summed E-state index contributed by atoms with van der Waals surface area (Å²) < 4.78 is 1.63. The normalized spacial score (nSPS) is 11.3. The third-order valence-corrected chi connectivity index (χ3v) is 2.79. The lowest BCUT2D eigenvalue weighted by Crippen LogP contribution is -2.12. The van der Waals surface area contributed by atoms with Crippen molar-refractivity contribution in [3.05, 3.63) is 54.4 Å². The van der Waals surface area contributed by atoms with Gasteiger partial charge in [-0.1, -0.05) is 37.3 Å². The zero-order valence-electron chi connectivity index (χ0n) is 12.0. The number of benzene rings is 1. The highest BCUT2D eigenvalue weighted by molar-refractivity contribution is 6.00.